The van der Waals surface area contributed by atoms with Crippen LogP contribution in [0.5, 0.6) is 0 Å². The first-order valence-corrected chi connectivity index (χ1v) is 6.04. The summed E-state index contributed by atoms with van der Waals surface area (Å²) >= 11 is 2.05. The topological polar surface area (TPSA) is 37.8 Å². The normalized spacial score (nSPS) is 21.1. The third-order valence-corrected chi connectivity index (χ3v) is 3.70. The zero-order valence-electron chi connectivity index (χ0n) is 8.36. The number of thioether (sulfide) groups is 1. The maximum Gasteiger partial charge on any atom is 0.222 e. The summed E-state index contributed by atoms with van der Waals surface area (Å²) in [4.78, 5) is 8.47. The Bertz CT molecular complexity index is 297. The molecule has 0 saturated carbocycles. The first-order valence-electron chi connectivity index (χ1n) is 5.00. The van der Waals surface area contributed by atoms with Crippen LogP contribution in [0.25, 0.3) is 0 Å². The molecule has 0 spiro atoms. The molecular weight excluding hydrogens is 194 g/mol. The fraction of sp³-hybridized carbons (Fsp3) is 0.600. The molecule has 1 atom stereocenters. The Kier molecular flexibility index (Phi) is 3.24. The van der Waals surface area contributed by atoms with Gasteiger partial charge in [-0.3, -0.25) is 0 Å². The lowest BCUT2D eigenvalue weighted by Gasteiger charge is -2.09. The zero-order valence-corrected chi connectivity index (χ0v) is 9.18. The second-order valence-corrected chi connectivity index (χ2v) is 4.95. The van der Waals surface area contributed by atoms with Gasteiger partial charge < -0.3 is 5.32 Å². The fourth-order valence-corrected chi connectivity index (χ4v) is 2.75. The van der Waals surface area contributed by atoms with Gasteiger partial charge in [-0.2, -0.15) is 11.8 Å². The van der Waals surface area contributed by atoms with Crippen molar-refractivity contribution in [2.24, 2.45) is 0 Å². The predicted molar refractivity (Wildman–Crippen MR) is 60.7 cm³/mol. The number of hydrogen-bond acceptors (Lipinski definition) is 4. The average Bonchev–Trinajstić information content (AvgIpc) is 2.67. The SMILES string of the molecule is Cc1ccnc(NCC2CCCS2)n1. The van der Waals surface area contributed by atoms with E-state index in [-0.39, 0.29) is 0 Å². The number of aromatic nitrogens is 2. The van der Waals surface area contributed by atoms with Crippen molar-refractivity contribution in [3.05, 3.63) is 18.0 Å². The van der Waals surface area contributed by atoms with Gasteiger partial charge in [0.2, 0.25) is 5.95 Å². The molecular formula is C10H15N3S. The number of nitrogens with one attached hydrogen (secondary N) is 1. The van der Waals surface area contributed by atoms with Crippen LogP contribution in [0.3, 0.4) is 0 Å². The van der Waals surface area contributed by atoms with Crippen LogP contribution in [0.1, 0.15) is 18.5 Å². The summed E-state index contributed by atoms with van der Waals surface area (Å²) < 4.78 is 0. The van der Waals surface area contributed by atoms with Crippen molar-refractivity contribution in [1.82, 2.24) is 9.97 Å². The third-order valence-electron chi connectivity index (χ3n) is 2.31. The Hall–Kier alpha value is -0.770. The van der Waals surface area contributed by atoms with E-state index in [4.69, 9.17) is 0 Å². The van der Waals surface area contributed by atoms with Crippen LogP contribution in [-0.2, 0) is 0 Å². The van der Waals surface area contributed by atoms with Gasteiger partial charge in [0.1, 0.15) is 0 Å². The number of nitrogens with zero attached hydrogens (tertiary/aromatic N) is 2. The van der Waals surface area contributed by atoms with Gasteiger partial charge in [-0.15, -0.1) is 0 Å². The molecule has 2 rings (SSSR count). The van der Waals surface area contributed by atoms with E-state index in [9.17, 15) is 0 Å². The lowest BCUT2D eigenvalue weighted by atomic mass is 10.2. The van der Waals surface area contributed by atoms with Crippen molar-refractivity contribution in [2.75, 3.05) is 17.6 Å². The first kappa shape index (κ1) is 9.77. The molecule has 1 N–H and O–H groups in total. The summed E-state index contributed by atoms with van der Waals surface area (Å²) in [7, 11) is 0. The van der Waals surface area contributed by atoms with E-state index < -0.39 is 0 Å². The molecule has 2 heterocycles. The van der Waals surface area contributed by atoms with Crippen LogP contribution >= 0.6 is 11.8 Å². The summed E-state index contributed by atoms with van der Waals surface area (Å²) in [6, 6.07) is 1.91. The molecule has 3 nitrogen and oxygen atoms in total. The molecule has 14 heavy (non-hydrogen) atoms. The molecule has 76 valence electrons. The Labute approximate surface area is 88.7 Å². The van der Waals surface area contributed by atoms with E-state index in [2.05, 4.69) is 15.3 Å². The van der Waals surface area contributed by atoms with Crippen LogP contribution in [0.4, 0.5) is 5.95 Å². The second kappa shape index (κ2) is 4.64. The van der Waals surface area contributed by atoms with Gasteiger partial charge >= 0.3 is 0 Å². The summed E-state index contributed by atoms with van der Waals surface area (Å²) in [6.07, 6.45) is 4.47. The standard InChI is InChI=1S/C10H15N3S/c1-8-4-5-11-10(13-8)12-7-9-3-2-6-14-9/h4-5,9H,2-3,6-7H2,1H3,(H,11,12,13). The molecule has 0 aliphatic carbocycles. The molecule has 1 aliphatic heterocycles. The predicted octanol–water partition coefficient (Wildman–Crippen LogP) is 2.09. The Morgan fingerprint density at radius 2 is 2.57 bits per heavy atom. The van der Waals surface area contributed by atoms with Crippen LogP contribution in [0, 0.1) is 6.92 Å². The molecule has 1 aromatic heterocycles. The van der Waals surface area contributed by atoms with Gasteiger partial charge in [0.05, 0.1) is 0 Å². The maximum absolute atomic E-state index is 4.30. The molecule has 1 saturated heterocycles. The van der Waals surface area contributed by atoms with E-state index in [1.165, 1.54) is 18.6 Å². The van der Waals surface area contributed by atoms with E-state index >= 15 is 0 Å². The molecule has 4 heteroatoms. The molecule has 0 bridgehead atoms. The van der Waals surface area contributed by atoms with Crippen molar-refractivity contribution >= 4 is 17.7 Å². The van der Waals surface area contributed by atoms with E-state index in [0.717, 1.165) is 23.4 Å². The van der Waals surface area contributed by atoms with Crippen molar-refractivity contribution < 1.29 is 0 Å². The minimum atomic E-state index is 0.749. The van der Waals surface area contributed by atoms with E-state index in [0.29, 0.717) is 0 Å². The van der Waals surface area contributed by atoms with E-state index in [1.807, 2.05) is 24.8 Å². The molecule has 0 aromatic carbocycles. The van der Waals surface area contributed by atoms with Crippen LogP contribution in [-0.4, -0.2) is 27.5 Å². The monoisotopic (exact) mass is 209 g/mol. The van der Waals surface area contributed by atoms with Gasteiger partial charge in [-0.25, -0.2) is 9.97 Å². The summed E-state index contributed by atoms with van der Waals surface area (Å²) in [5, 5.41) is 4.03. The summed E-state index contributed by atoms with van der Waals surface area (Å²) in [6.45, 7) is 2.98. The van der Waals surface area contributed by atoms with Crippen molar-refractivity contribution in [1.29, 1.82) is 0 Å². The highest BCUT2D eigenvalue weighted by atomic mass is 32.2. The Morgan fingerprint density at radius 3 is 3.29 bits per heavy atom. The minimum Gasteiger partial charge on any atom is -0.353 e. The maximum atomic E-state index is 4.30. The fourth-order valence-electron chi connectivity index (χ4n) is 1.54. The molecule has 1 aromatic rings. The third kappa shape index (κ3) is 2.61. The van der Waals surface area contributed by atoms with Crippen molar-refractivity contribution in [2.45, 2.75) is 25.0 Å². The van der Waals surface area contributed by atoms with Crippen molar-refractivity contribution in [3.8, 4) is 0 Å². The van der Waals surface area contributed by atoms with Gasteiger partial charge in [0.15, 0.2) is 0 Å². The lowest BCUT2D eigenvalue weighted by molar-refractivity contribution is 0.800. The molecule has 1 aliphatic rings. The van der Waals surface area contributed by atoms with Gasteiger partial charge in [0, 0.05) is 23.7 Å². The smallest absolute Gasteiger partial charge is 0.222 e. The Morgan fingerprint density at radius 1 is 1.64 bits per heavy atom. The first-order chi connectivity index (χ1) is 6.84. The molecule has 0 radical (unpaired) electrons. The van der Waals surface area contributed by atoms with Crippen molar-refractivity contribution in [3.63, 3.8) is 0 Å². The van der Waals surface area contributed by atoms with Gasteiger partial charge in [-0.1, -0.05) is 0 Å². The molecule has 1 unspecified atom stereocenters. The largest absolute Gasteiger partial charge is 0.353 e. The molecule has 0 amide bonds. The highest BCUT2D eigenvalue weighted by Crippen LogP contribution is 2.25. The van der Waals surface area contributed by atoms with E-state index in [1.54, 1.807) is 6.20 Å². The highest BCUT2D eigenvalue weighted by Gasteiger charge is 2.15. The summed E-state index contributed by atoms with van der Waals surface area (Å²) in [5.74, 6) is 2.07. The van der Waals surface area contributed by atoms with Crippen LogP contribution in [0.15, 0.2) is 12.3 Å². The lowest BCUT2D eigenvalue weighted by Crippen LogP contribution is -2.15. The average molecular weight is 209 g/mol. The van der Waals surface area contributed by atoms with Gasteiger partial charge in [-0.05, 0) is 31.6 Å². The zero-order chi connectivity index (χ0) is 9.80. The Balaban J connectivity index is 1.85. The second-order valence-electron chi connectivity index (χ2n) is 3.54. The van der Waals surface area contributed by atoms with Crippen LogP contribution in [0.2, 0.25) is 0 Å². The van der Waals surface area contributed by atoms with Gasteiger partial charge in [0.25, 0.3) is 0 Å². The summed E-state index contributed by atoms with van der Waals surface area (Å²) in [5.41, 5.74) is 1.02. The highest BCUT2D eigenvalue weighted by molar-refractivity contribution is 8.00. The number of hydrogen-bond donors (Lipinski definition) is 1. The quantitative estimate of drug-likeness (QED) is 0.827. The number of anilines is 1. The molecule has 1 fully saturated rings. The number of rotatable bonds is 3. The minimum absolute atomic E-state index is 0.749. The van der Waals surface area contributed by atoms with Crippen LogP contribution < -0.4 is 5.32 Å². The number of aryl methyl sites for hydroxylation is 1.